The number of hydrogen-bond donors (Lipinski definition) is 3. The van der Waals surface area contributed by atoms with E-state index in [0.29, 0.717) is 13.0 Å². The van der Waals surface area contributed by atoms with E-state index in [1.807, 2.05) is 13.8 Å². The van der Waals surface area contributed by atoms with Crippen LogP contribution in [0.25, 0.3) is 0 Å². The van der Waals surface area contributed by atoms with Gasteiger partial charge in [0.05, 0.1) is 25.0 Å². The fraction of sp³-hybridized carbons (Fsp3) is 1.00. The van der Waals surface area contributed by atoms with Gasteiger partial charge in [-0.3, -0.25) is 0 Å². The molecule has 2 aliphatic rings. The molecule has 2 unspecified atom stereocenters. The Morgan fingerprint density at radius 2 is 2.19 bits per heavy atom. The highest BCUT2D eigenvalue weighted by atomic mass is 32.7. The first-order valence-electron chi connectivity index (χ1n) is 5.36. The third-order valence-corrected chi connectivity index (χ3v) is 4.82. The summed E-state index contributed by atoms with van der Waals surface area (Å²) in [6.07, 6.45) is -0.484. The van der Waals surface area contributed by atoms with E-state index in [-0.39, 0.29) is 18.6 Å². The Morgan fingerprint density at radius 3 is 2.69 bits per heavy atom. The summed E-state index contributed by atoms with van der Waals surface area (Å²) < 4.78 is 16.0. The molecule has 94 valence electrons. The zero-order valence-corrected chi connectivity index (χ0v) is 11.2. The zero-order chi connectivity index (χ0) is 12.0. The summed E-state index contributed by atoms with van der Waals surface area (Å²) in [6.45, 7) is 4.57. The van der Waals surface area contributed by atoms with Crippen LogP contribution in [0.2, 0.25) is 0 Å². The summed E-state index contributed by atoms with van der Waals surface area (Å²) in [6, 6.07) is 0. The lowest BCUT2D eigenvalue weighted by molar-refractivity contribution is -0.0780. The van der Waals surface area contributed by atoms with E-state index in [1.165, 1.54) is 0 Å². The van der Waals surface area contributed by atoms with Gasteiger partial charge in [-0.25, -0.2) is 0 Å². The zero-order valence-electron chi connectivity index (χ0n) is 9.37. The maximum atomic E-state index is 10.2. The van der Waals surface area contributed by atoms with Crippen LogP contribution in [-0.4, -0.2) is 41.0 Å². The number of rotatable bonds is 1. The number of aliphatic hydroxyl groups is 1. The Hall–Kier alpha value is 0.580. The van der Waals surface area contributed by atoms with Crippen LogP contribution in [0.5, 0.6) is 0 Å². The molecule has 0 aromatic rings. The standard InChI is InChI=1S/C9H18O5PS/c1-6(2)7-8(10)9(5-12-7)3-4-13-15(11,16)14-9/h6-8,10-11,16H,3-5H2,1-2H3/q+1/t7-,8?,9+,15?/m1/s1. The summed E-state index contributed by atoms with van der Waals surface area (Å²) in [5.41, 5.74) is -0.850. The summed E-state index contributed by atoms with van der Waals surface area (Å²) in [5, 5.41) is 10.2. The monoisotopic (exact) mass is 269 g/mol. The molecule has 1 spiro atoms. The quantitative estimate of drug-likeness (QED) is 0.492. The molecule has 0 bridgehead atoms. The van der Waals surface area contributed by atoms with Crippen molar-refractivity contribution in [1.29, 1.82) is 0 Å². The Balaban J connectivity index is 2.14. The highest BCUT2D eigenvalue weighted by Gasteiger charge is 2.61. The summed E-state index contributed by atoms with van der Waals surface area (Å²) in [5.74, 6) is 0.201. The van der Waals surface area contributed by atoms with Crippen molar-refractivity contribution < 1.29 is 23.8 Å². The average molecular weight is 269 g/mol. The molecule has 2 N–H and O–H groups in total. The van der Waals surface area contributed by atoms with Gasteiger partial charge < -0.3 is 9.84 Å². The fourth-order valence-corrected chi connectivity index (χ4v) is 4.06. The molecule has 7 heteroatoms. The van der Waals surface area contributed by atoms with Crippen molar-refractivity contribution in [3.8, 4) is 0 Å². The van der Waals surface area contributed by atoms with Gasteiger partial charge in [-0.2, -0.15) is 13.9 Å². The second kappa shape index (κ2) is 4.35. The van der Waals surface area contributed by atoms with Gasteiger partial charge in [0.2, 0.25) is 0 Å². The highest BCUT2D eigenvalue weighted by molar-refractivity contribution is 8.47. The third-order valence-electron chi connectivity index (χ3n) is 3.11. The normalized spacial score (nSPS) is 49.1. The first-order chi connectivity index (χ1) is 7.36. The van der Waals surface area contributed by atoms with Gasteiger partial charge in [-0.15, -0.1) is 0 Å². The second-order valence-electron chi connectivity index (χ2n) is 4.69. The minimum absolute atomic E-state index is 0.201. The second-order valence-corrected chi connectivity index (χ2v) is 7.63. The van der Waals surface area contributed by atoms with Gasteiger partial charge in [0.1, 0.15) is 12.7 Å². The molecule has 16 heavy (non-hydrogen) atoms. The molecule has 5 nitrogen and oxygen atoms in total. The maximum Gasteiger partial charge on any atom is 0.476 e. The van der Waals surface area contributed by atoms with Gasteiger partial charge in [-0.05, 0) is 5.92 Å². The van der Waals surface area contributed by atoms with E-state index in [0.717, 1.165) is 0 Å². The highest BCUT2D eigenvalue weighted by Crippen LogP contribution is 2.67. The molecule has 0 aliphatic carbocycles. The molecule has 4 atom stereocenters. The van der Waals surface area contributed by atoms with E-state index in [2.05, 4.69) is 12.2 Å². The molecule has 0 amide bonds. The molecule has 0 saturated carbocycles. The van der Waals surface area contributed by atoms with E-state index in [1.54, 1.807) is 0 Å². The van der Waals surface area contributed by atoms with Crippen molar-refractivity contribution in [2.45, 2.75) is 38.1 Å². The van der Waals surface area contributed by atoms with Crippen molar-refractivity contribution in [3.05, 3.63) is 0 Å². The van der Waals surface area contributed by atoms with Crippen LogP contribution in [0.1, 0.15) is 20.3 Å². The topological polar surface area (TPSA) is 68.2 Å². The van der Waals surface area contributed by atoms with Crippen LogP contribution in [0.4, 0.5) is 0 Å². The molecular weight excluding hydrogens is 251 g/mol. The van der Waals surface area contributed by atoms with Crippen molar-refractivity contribution in [2.75, 3.05) is 13.2 Å². The van der Waals surface area contributed by atoms with E-state index >= 15 is 0 Å². The van der Waals surface area contributed by atoms with Gasteiger partial charge in [0.25, 0.3) is 0 Å². The van der Waals surface area contributed by atoms with Crippen LogP contribution in [0.3, 0.4) is 0 Å². The van der Waals surface area contributed by atoms with Crippen molar-refractivity contribution in [1.82, 2.24) is 0 Å². The Kier molecular flexibility index (Phi) is 3.54. The van der Waals surface area contributed by atoms with Crippen LogP contribution < -0.4 is 0 Å². The lowest BCUT2D eigenvalue weighted by Crippen LogP contribution is -2.49. The molecule has 0 radical (unpaired) electrons. The Bertz CT molecular complexity index is 275. The van der Waals surface area contributed by atoms with E-state index in [9.17, 15) is 10.00 Å². The van der Waals surface area contributed by atoms with E-state index in [4.69, 9.17) is 13.8 Å². The van der Waals surface area contributed by atoms with Crippen LogP contribution in [0.15, 0.2) is 0 Å². The summed E-state index contributed by atoms with van der Waals surface area (Å²) in [4.78, 5) is 9.71. The lowest BCUT2D eigenvalue weighted by Gasteiger charge is -2.34. The molecule has 2 heterocycles. The number of hydrogen-bond acceptors (Lipinski definition) is 6. The Morgan fingerprint density at radius 1 is 1.50 bits per heavy atom. The minimum Gasteiger partial charge on any atom is -0.387 e. The van der Waals surface area contributed by atoms with Gasteiger partial charge in [-0.1, -0.05) is 13.8 Å². The van der Waals surface area contributed by atoms with Crippen molar-refractivity contribution in [2.24, 2.45) is 5.92 Å². The summed E-state index contributed by atoms with van der Waals surface area (Å²) >= 11 is 3.94. The smallest absolute Gasteiger partial charge is 0.387 e. The maximum absolute atomic E-state index is 10.2. The van der Waals surface area contributed by atoms with Crippen molar-refractivity contribution >= 4 is 19.4 Å². The average Bonchev–Trinajstić information content (AvgIpc) is 2.42. The van der Waals surface area contributed by atoms with Crippen LogP contribution in [0, 0.1) is 5.92 Å². The minimum atomic E-state index is -3.09. The van der Waals surface area contributed by atoms with Gasteiger partial charge in [0, 0.05) is 6.42 Å². The van der Waals surface area contributed by atoms with E-state index < -0.39 is 18.9 Å². The molecule has 2 aliphatic heterocycles. The largest absolute Gasteiger partial charge is 0.476 e. The Labute approximate surface area is 101 Å². The van der Waals surface area contributed by atoms with Gasteiger partial charge in [0.15, 0.2) is 5.60 Å². The van der Waals surface area contributed by atoms with Gasteiger partial charge >= 0.3 is 7.15 Å². The molecule has 2 rings (SSSR count). The molecule has 2 saturated heterocycles. The molecule has 0 aromatic carbocycles. The SMILES string of the molecule is CC(C)[C@H]1OC[C@@]2(CCO[P+](O)(S)O2)C1O. The third kappa shape index (κ3) is 2.25. The molecular formula is C9H18O5PS+. The summed E-state index contributed by atoms with van der Waals surface area (Å²) in [7, 11) is -3.09. The lowest BCUT2D eigenvalue weighted by atomic mass is 9.89. The fourth-order valence-electron chi connectivity index (χ4n) is 2.22. The predicted molar refractivity (Wildman–Crippen MR) is 63.1 cm³/mol. The molecule has 2 fully saturated rings. The first-order valence-corrected chi connectivity index (χ1v) is 8.09. The number of aliphatic hydroxyl groups excluding tert-OH is 1. The van der Waals surface area contributed by atoms with Crippen LogP contribution in [-0.2, 0) is 13.8 Å². The molecule has 0 aromatic heterocycles. The number of ether oxygens (including phenoxy) is 1. The predicted octanol–water partition coefficient (Wildman–Crippen LogP) is 1.18. The number of thiol groups is 1. The first kappa shape index (κ1) is 13.0. The van der Waals surface area contributed by atoms with Crippen molar-refractivity contribution in [3.63, 3.8) is 0 Å². The van der Waals surface area contributed by atoms with Crippen LogP contribution >= 0.6 is 19.4 Å².